The van der Waals surface area contributed by atoms with Gasteiger partial charge in [-0.2, -0.15) is 0 Å². The quantitative estimate of drug-likeness (QED) is 0.152. The Morgan fingerprint density at radius 1 is 0.207 bits per heavy atom. The molecule has 0 spiro atoms. The van der Waals surface area contributed by atoms with Gasteiger partial charge >= 0.3 is 0 Å². The zero-order chi connectivity index (χ0) is 53.8. The third kappa shape index (κ3) is 7.01. The van der Waals surface area contributed by atoms with E-state index >= 15 is 0 Å². The van der Waals surface area contributed by atoms with Crippen molar-refractivity contribution >= 4 is 87.2 Å². The van der Waals surface area contributed by atoms with Gasteiger partial charge in [0.05, 0.1) is 66.9 Å². The smallest absolute Gasteiger partial charge is 0.160 e. The van der Waals surface area contributed by atoms with Crippen molar-refractivity contribution in [3.05, 3.63) is 291 Å². The molecule has 0 atom stereocenters. The van der Waals surface area contributed by atoms with Crippen molar-refractivity contribution in [2.24, 2.45) is 0 Å². The Morgan fingerprint density at radius 3 is 1.02 bits per heavy atom. The van der Waals surface area contributed by atoms with Gasteiger partial charge in [0, 0.05) is 82.3 Å². The Morgan fingerprint density at radius 2 is 0.561 bits per heavy atom. The summed E-state index contributed by atoms with van der Waals surface area (Å²) in [5.41, 5.74) is 20.4. The minimum atomic E-state index is 0.675. The molecule has 0 aliphatic heterocycles. The Hall–Kier alpha value is -11.1. The highest BCUT2D eigenvalue weighted by Crippen LogP contribution is 2.45. The lowest BCUT2D eigenvalue weighted by Gasteiger charge is -2.20. The standard InChI is InChI=1S/C76H48N6/c1-3-21-49(22-4-1)64-48-65(78-76(77-64)50-23-5-2-6-24-50)51-39-42-73(61(45-51)60-31-13-20-38-72(60)81-70-36-18-11-29-58(70)59-30-12-19-37-71(59)81)82-74-43-40-52(79-66-32-14-7-25-54(66)55-26-8-15-33-67(55)79)46-62(74)63-47-53(41-44-75(63)82)80-68-34-16-9-27-56(68)57-28-10-17-35-69(57)80/h1-48H. The lowest BCUT2D eigenvalue weighted by atomic mass is 9.96. The van der Waals surface area contributed by atoms with Crippen LogP contribution < -0.4 is 0 Å². The molecule has 0 amide bonds. The van der Waals surface area contributed by atoms with E-state index in [1.165, 1.54) is 54.4 Å². The summed E-state index contributed by atoms with van der Waals surface area (Å²) in [5, 5.41) is 9.66. The van der Waals surface area contributed by atoms with Gasteiger partial charge in [0.1, 0.15) is 0 Å². The Balaban J connectivity index is 0.973. The number of hydrogen-bond donors (Lipinski definition) is 0. The molecular formula is C76H48N6. The molecule has 0 aliphatic rings. The van der Waals surface area contributed by atoms with Gasteiger partial charge in [-0.1, -0.05) is 194 Å². The average molecular weight is 1050 g/mol. The molecule has 0 saturated heterocycles. The maximum atomic E-state index is 5.41. The second-order valence-electron chi connectivity index (χ2n) is 21.3. The normalized spacial score (nSPS) is 11.9. The summed E-state index contributed by atoms with van der Waals surface area (Å²) in [6, 6.07) is 106. The summed E-state index contributed by atoms with van der Waals surface area (Å²) in [6.07, 6.45) is 0. The van der Waals surface area contributed by atoms with Crippen LogP contribution in [0, 0.1) is 0 Å². The Labute approximate surface area is 471 Å². The minimum absolute atomic E-state index is 0.675. The van der Waals surface area contributed by atoms with E-state index in [1.54, 1.807) is 0 Å². The van der Waals surface area contributed by atoms with E-state index in [1.807, 2.05) is 6.07 Å². The third-order valence-corrected chi connectivity index (χ3v) is 16.8. The van der Waals surface area contributed by atoms with E-state index < -0.39 is 0 Å². The predicted molar refractivity (Wildman–Crippen MR) is 341 cm³/mol. The summed E-state index contributed by atoms with van der Waals surface area (Å²) in [5.74, 6) is 0.675. The molecule has 0 bridgehead atoms. The molecule has 0 aliphatic carbocycles. The van der Waals surface area contributed by atoms with E-state index in [2.05, 4.69) is 303 Å². The maximum Gasteiger partial charge on any atom is 0.160 e. The highest BCUT2D eigenvalue weighted by molar-refractivity contribution is 6.15. The number of benzene rings is 12. The number of para-hydroxylation sites is 7. The first kappa shape index (κ1) is 45.9. The number of rotatable bonds is 8. The SMILES string of the molecule is c1ccc(-c2cc(-c3ccc(-n4c5ccc(-n6c7ccccc7c7ccccc76)cc5c5cc(-n6c7ccccc7c7ccccc76)ccc54)c(-c4ccccc4-n4c5ccccc5c5ccccc54)c3)nc(-c3ccccc3)n2)cc1. The highest BCUT2D eigenvalue weighted by Gasteiger charge is 2.24. The lowest BCUT2D eigenvalue weighted by Crippen LogP contribution is -2.03. The van der Waals surface area contributed by atoms with Crippen LogP contribution in [0.15, 0.2) is 291 Å². The Kier molecular flexibility index (Phi) is 10.2. The van der Waals surface area contributed by atoms with Crippen molar-refractivity contribution in [3.8, 4) is 67.8 Å². The van der Waals surface area contributed by atoms with Crippen LogP contribution in [0.2, 0.25) is 0 Å². The zero-order valence-corrected chi connectivity index (χ0v) is 44.4. The molecule has 0 N–H and O–H groups in total. The predicted octanol–water partition coefficient (Wildman–Crippen LogP) is 19.5. The summed E-state index contributed by atoms with van der Waals surface area (Å²) in [7, 11) is 0. The van der Waals surface area contributed by atoms with Gasteiger partial charge < -0.3 is 18.3 Å². The van der Waals surface area contributed by atoms with E-state index in [9.17, 15) is 0 Å². The molecule has 12 aromatic carbocycles. The average Bonchev–Trinajstić information content (AvgIpc) is 2.53. The summed E-state index contributed by atoms with van der Waals surface area (Å²) in [6.45, 7) is 0. The molecule has 0 saturated carbocycles. The molecule has 6 heteroatoms. The van der Waals surface area contributed by atoms with E-state index in [4.69, 9.17) is 9.97 Å². The molecule has 0 fully saturated rings. The number of hydrogen-bond acceptors (Lipinski definition) is 2. The molecule has 5 aromatic heterocycles. The van der Waals surface area contributed by atoms with Crippen molar-refractivity contribution in [3.63, 3.8) is 0 Å². The van der Waals surface area contributed by atoms with Crippen molar-refractivity contribution in [1.29, 1.82) is 0 Å². The maximum absolute atomic E-state index is 5.41. The first-order valence-corrected chi connectivity index (χ1v) is 28.0. The highest BCUT2D eigenvalue weighted by atomic mass is 15.0. The number of aromatic nitrogens is 6. The van der Waals surface area contributed by atoms with Crippen LogP contribution in [-0.2, 0) is 0 Å². The molecule has 0 radical (unpaired) electrons. The molecular weight excluding hydrogens is 997 g/mol. The second kappa shape index (κ2) is 18.2. The van der Waals surface area contributed by atoms with Gasteiger partial charge in [-0.15, -0.1) is 0 Å². The zero-order valence-electron chi connectivity index (χ0n) is 44.4. The van der Waals surface area contributed by atoms with Gasteiger partial charge in [-0.3, -0.25) is 0 Å². The summed E-state index contributed by atoms with van der Waals surface area (Å²) >= 11 is 0. The van der Waals surface area contributed by atoms with Gasteiger partial charge in [-0.25, -0.2) is 9.97 Å². The molecule has 0 unspecified atom stereocenters. The fraction of sp³-hybridized carbons (Fsp3) is 0. The molecule has 6 nitrogen and oxygen atoms in total. The van der Waals surface area contributed by atoms with Gasteiger partial charge in [-0.05, 0) is 97.1 Å². The molecule has 17 aromatic rings. The molecule has 382 valence electrons. The first-order valence-electron chi connectivity index (χ1n) is 28.0. The third-order valence-electron chi connectivity index (χ3n) is 16.8. The van der Waals surface area contributed by atoms with Crippen LogP contribution in [0.4, 0.5) is 0 Å². The van der Waals surface area contributed by atoms with E-state index in [0.29, 0.717) is 5.82 Å². The molecule has 17 rings (SSSR count). The summed E-state index contributed by atoms with van der Waals surface area (Å²) < 4.78 is 9.81. The van der Waals surface area contributed by atoms with Crippen LogP contribution in [0.3, 0.4) is 0 Å². The van der Waals surface area contributed by atoms with Crippen LogP contribution in [-0.4, -0.2) is 28.2 Å². The van der Waals surface area contributed by atoms with E-state index in [0.717, 1.165) is 94.8 Å². The summed E-state index contributed by atoms with van der Waals surface area (Å²) in [4.78, 5) is 10.6. The van der Waals surface area contributed by atoms with Crippen molar-refractivity contribution < 1.29 is 0 Å². The first-order chi connectivity index (χ1) is 40.7. The van der Waals surface area contributed by atoms with E-state index in [-0.39, 0.29) is 0 Å². The van der Waals surface area contributed by atoms with Crippen LogP contribution in [0.5, 0.6) is 0 Å². The van der Waals surface area contributed by atoms with Crippen molar-refractivity contribution in [1.82, 2.24) is 28.2 Å². The second-order valence-corrected chi connectivity index (χ2v) is 21.3. The minimum Gasteiger partial charge on any atom is -0.309 e. The monoisotopic (exact) mass is 1040 g/mol. The van der Waals surface area contributed by atoms with Crippen LogP contribution in [0.1, 0.15) is 0 Å². The van der Waals surface area contributed by atoms with Crippen LogP contribution >= 0.6 is 0 Å². The Bertz CT molecular complexity index is 5020. The van der Waals surface area contributed by atoms with Gasteiger partial charge in [0.2, 0.25) is 0 Å². The van der Waals surface area contributed by atoms with Gasteiger partial charge in [0.15, 0.2) is 5.82 Å². The number of nitrogens with zero attached hydrogens (tertiary/aromatic N) is 6. The largest absolute Gasteiger partial charge is 0.309 e. The fourth-order valence-electron chi connectivity index (χ4n) is 13.2. The van der Waals surface area contributed by atoms with Crippen molar-refractivity contribution in [2.45, 2.75) is 0 Å². The number of fused-ring (bicyclic) bond motifs is 12. The fourth-order valence-corrected chi connectivity index (χ4v) is 13.2. The van der Waals surface area contributed by atoms with Crippen molar-refractivity contribution in [2.75, 3.05) is 0 Å². The topological polar surface area (TPSA) is 45.5 Å². The molecule has 82 heavy (non-hydrogen) atoms. The lowest BCUT2D eigenvalue weighted by molar-refractivity contribution is 1.15. The van der Waals surface area contributed by atoms with Crippen LogP contribution in [0.25, 0.3) is 155 Å². The van der Waals surface area contributed by atoms with Gasteiger partial charge in [0.25, 0.3) is 0 Å². The molecule has 5 heterocycles.